The van der Waals surface area contributed by atoms with E-state index in [1.54, 1.807) is 23.3 Å². The van der Waals surface area contributed by atoms with Crippen molar-refractivity contribution in [2.45, 2.75) is 57.8 Å². The lowest BCUT2D eigenvalue weighted by Gasteiger charge is -2.28. The molecule has 0 aliphatic carbocycles. The molecule has 0 bridgehead atoms. The van der Waals surface area contributed by atoms with Gasteiger partial charge in [-0.15, -0.1) is 11.3 Å². The van der Waals surface area contributed by atoms with Gasteiger partial charge in [-0.3, -0.25) is 19.6 Å². The summed E-state index contributed by atoms with van der Waals surface area (Å²) in [5, 5.41) is 18.8. The maximum absolute atomic E-state index is 13.2. The average molecular weight is 566 g/mol. The molecule has 0 spiro atoms. The van der Waals surface area contributed by atoms with E-state index in [2.05, 4.69) is 20.9 Å². The molecule has 0 aliphatic rings. The van der Waals surface area contributed by atoms with Crippen LogP contribution in [0.25, 0.3) is 0 Å². The number of amides is 4. The molecule has 0 fully saturated rings. The van der Waals surface area contributed by atoms with Crippen LogP contribution in [0.2, 0.25) is 0 Å². The number of carbonyl (C=O) groups excluding carboxylic acids is 4. The van der Waals surface area contributed by atoms with Gasteiger partial charge < -0.3 is 20.7 Å². The van der Waals surface area contributed by atoms with E-state index < -0.39 is 41.9 Å². The number of thiazole rings is 1. The van der Waals surface area contributed by atoms with Gasteiger partial charge in [0.25, 0.3) is 5.91 Å². The fourth-order valence-electron chi connectivity index (χ4n) is 3.46. The number of rotatable bonds is 15. The molecular weight excluding hydrogens is 530 g/mol. The van der Waals surface area contributed by atoms with E-state index >= 15 is 0 Å². The third kappa shape index (κ3) is 10.3. The maximum Gasteiger partial charge on any atom is 0.408 e. The van der Waals surface area contributed by atoms with Crippen molar-refractivity contribution >= 4 is 46.9 Å². The Kier molecular flexibility index (Phi) is 13.6. The van der Waals surface area contributed by atoms with Crippen molar-refractivity contribution in [1.82, 2.24) is 26.4 Å². The highest BCUT2D eigenvalue weighted by Gasteiger charge is 2.32. The molecule has 0 radical (unpaired) electrons. The van der Waals surface area contributed by atoms with Crippen LogP contribution in [0.3, 0.4) is 0 Å². The highest BCUT2D eigenvalue weighted by molar-refractivity contribution is 7.98. The first-order valence-electron chi connectivity index (χ1n) is 12.2. The Morgan fingerprint density at radius 3 is 2.39 bits per heavy atom. The fourth-order valence-corrected chi connectivity index (χ4v) is 4.51. The zero-order valence-electron chi connectivity index (χ0n) is 21.6. The van der Waals surface area contributed by atoms with Crippen LogP contribution in [0.1, 0.15) is 37.9 Å². The van der Waals surface area contributed by atoms with E-state index in [-0.39, 0.29) is 18.9 Å². The number of benzene rings is 1. The minimum Gasteiger partial charge on any atom is -0.445 e. The van der Waals surface area contributed by atoms with Crippen molar-refractivity contribution in [1.29, 1.82) is 0 Å². The van der Waals surface area contributed by atoms with Crippen molar-refractivity contribution in [3.8, 4) is 0 Å². The van der Waals surface area contributed by atoms with E-state index in [0.717, 1.165) is 5.56 Å². The number of nitrogens with one attached hydrogen (secondary N) is 4. The quantitative estimate of drug-likeness (QED) is 0.162. The fraction of sp³-hybridized carbons (Fsp3) is 0.480. The van der Waals surface area contributed by atoms with Gasteiger partial charge in [0.05, 0.1) is 11.2 Å². The zero-order valence-corrected chi connectivity index (χ0v) is 23.3. The molecule has 0 saturated heterocycles. The van der Waals surface area contributed by atoms with Crippen LogP contribution >= 0.6 is 23.1 Å². The first kappa shape index (κ1) is 31.1. The summed E-state index contributed by atoms with van der Waals surface area (Å²) in [6, 6.07) is 6.13. The second kappa shape index (κ2) is 16.6. The lowest BCUT2D eigenvalue weighted by molar-refractivity contribution is -0.136. The van der Waals surface area contributed by atoms with Gasteiger partial charge in [-0.2, -0.15) is 11.8 Å². The van der Waals surface area contributed by atoms with E-state index in [1.807, 2.05) is 43.5 Å². The number of hydroxylamine groups is 1. The van der Waals surface area contributed by atoms with Gasteiger partial charge >= 0.3 is 6.09 Å². The SMILES string of the molecule is CC[C@@H](C)[C@H](NC(=O)C(CCSC)NC(=O)OCc1ccccc1)C(=O)N[C@@H](Cc1cscn1)C(=O)NO. The summed E-state index contributed by atoms with van der Waals surface area (Å²) in [5.41, 5.74) is 4.54. The second-order valence-electron chi connectivity index (χ2n) is 8.63. The second-order valence-corrected chi connectivity index (χ2v) is 10.3. The van der Waals surface area contributed by atoms with Gasteiger partial charge in [-0.25, -0.2) is 15.3 Å². The highest BCUT2D eigenvalue weighted by atomic mass is 32.2. The number of hydrogen-bond acceptors (Lipinski definition) is 9. The third-order valence-corrected chi connectivity index (χ3v) is 7.14. The highest BCUT2D eigenvalue weighted by Crippen LogP contribution is 2.12. The number of aromatic nitrogens is 1. The van der Waals surface area contributed by atoms with E-state index in [4.69, 9.17) is 9.94 Å². The maximum atomic E-state index is 13.2. The van der Waals surface area contributed by atoms with Gasteiger partial charge in [0.1, 0.15) is 24.7 Å². The molecule has 1 unspecified atom stereocenters. The molecule has 208 valence electrons. The first-order chi connectivity index (χ1) is 18.3. The summed E-state index contributed by atoms with van der Waals surface area (Å²) in [5.74, 6) is -1.64. The number of alkyl carbamates (subject to hydrolysis) is 1. The molecule has 0 aliphatic heterocycles. The standard InChI is InChI=1S/C25H35N5O6S2/c1-4-16(2)21(24(33)27-20(23(32)30-35)12-18-14-38-15-26-18)29-22(31)19(10-11-37-3)28-25(34)36-13-17-8-6-5-7-9-17/h5-9,14-16,19-21,35H,4,10-13H2,1-3H3,(H,27,33)(H,28,34)(H,29,31)(H,30,32)/t16-,19?,20+,21+/m1/s1. The van der Waals surface area contributed by atoms with Gasteiger partial charge in [0.15, 0.2) is 0 Å². The molecule has 1 aromatic carbocycles. The molecular formula is C25H35N5O6S2. The van der Waals surface area contributed by atoms with Gasteiger partial charge in [-0.1, -0.05) is 50.6 Å². The van der Waals surface area contributed by atoms with Gasteiger partial charge in [0, 0.05) is 11.8 Å². The molecule has 11 nitrogen and oxygen atoms in total. The van der Waals surface area contributed by atoms with Crippen LogP contribution in [0, 0.1) is 5.92 Å². The summed E-state index contributed by atoms with van der Waals surface area (Å²) < 4.78 is 5.26. The predicted octanol–water partition coefficient (Wildman–Crippen LogP) is 2.25. The largest absolute Gasteiger partial charge is 0.445 e. The summed E-state index contributed by atoms with van der Waals surface area (Å²) >= 11 is 2.85. The Bertz CT molecular complexity index is 1020. The third-order valence-electron chi connectivity index (χ3n) is 5.87. The van der Waals surface area contributed by atoms with Gasteiger partial charge in [-0.05, 0) is 29.9 Å². The van der Waals surface area contributed by atoms with Crippen molar-refractivity contribution in [3.63, 3.8) is 0 Å². The molecule has 2 rings (SSSR count). The number of ether oxygens (including phenoxy) is 1. The molecule has 1 heterocycles. The number of nitrogens with zero attached hydrogens (tertiary/aromatic N) is 1. The smallest absolute Gasteiger partial charge is 0.408 e. The molecule has 4 amide bonds. The van der Waals surface area contributed by atoms with Crippen LogP contribution in [0.4, 0.5) is 4.79 Å². The summed E-state index contributed by atoms with van der Waals surface area (Å²) in [6.07, 6.45) is 2.08. The zero-order chi connectivity index (χ0) is 27.9. The minimum atomic E-state index is -1.10. The molecule has 13 heteroatoms. The molecule has 5 N–H and O–H groups in total. The topological polar surface area (TPSA) is 159 Å². The molecule has 4 atom stereocenters. The number of thioether (sulfide) groups is 1. The predicted molar refractivity (Wildman–Crippen MR) is 146 cm³/mol. The van der Waals surface area contributed by atoms with E-state index in [9.17, 15) is 19.2 Å². The van der Waals surface area contributed by atoms with Crippen LogP contribution in [0.15, 0.2) is 41.2 Å². The molecule has 0 saturated carbocycles. The van der Waals surface area contributed by atoms with Crippen LogP contribution in [-0.4, -0.2) is 64.1 Å². The lowest BCUT2D eigenvalue weighted by atomic mass is 9.97. The Morgan fingerprint density at radius 2 is 1.79 bits per heavy atom. The molecule has 2 aromatic rings. The van der Waals surface area contributed by atoms with Crippen molar-refractivity contribution in [3.05, 3.63) is 52.5 Å². The Hall–Kier alpha value is -3.16. The Balaban J connectivity index is 2.09. The van der Waals surface area contributed by atoms with Crippen LogP contribution < -0.4 is 21.4 Å². The average Bonchev–Trinajstić information content (AvgIpc) is 3.45. The normalized spacial score (nSPS) is 13.9. The first-order valence-corrected chi connectivity index (χ1v) is 14.5. The Morgan fingerprint density at radius 1 is 1.05 bits per heavy atom. The van der Waals surface area contributed by atoms with E-state index in [0.29, 0.717) is 24.3 Å². The number of carbonyl (C=O) groups is 4. The summed E-state index contributed by atoms with van der Waals surface area (Å²) in [4.78, 5) is 55.2. The van der Waals surface area contributed by atoms with Crippen LogP contribution in [-0.2, 0) is 32.1 Å². The Labute approximate surface area is 230 Å². The molecule has 38 heavy (non-hydrogen) atoms. The lowest BCUT2D eigenvalue weighted by Crippen LogP contribution is -2.58. The van der Waals surface area contributed by atoms with Gasteiger partial charge in [0.2, 0.25) is 11.8 Å². The van der Waals surface area contributed by atoms with Crippen LogP contribution in [0.5, 0.6) is 0 Å². The van der Waals surface area contributed by atoms with Crippen molar-refractivity contribution in [2.24, 2.45) is 5.92 Å². The monoisotopic (exact) mass is 565 g/mol. The van der Waals surface area contributed by atoms with Crippen molar-refractivity contribution in [2.75, 3.05) is 12.0 Å². The molecule has 1 aromatic heterocycles. The minimum absolute atomic E-state index is 0.0503. The summed E-state index contributed by atoms with van der Waals surface area (Å²) in [6.45, 7) is 3.72. The van der Waals surface area contributed by atoms with E-state index in [1.165, 1.54) is 23.1 Å². The van der Waals surface area contributed by atoms with Crippen molar-refractivity contribution < 1.29 is 29.1 Å². The summed E-state index contributed by atoms with van der Waals surface area (Å²) in [7, 11) is 0. The number of hydrogen-bond donors (Lipinski definition) is 5.